The van der Waals surface area contributed by atoms with Crippen LogP contribution in [0.15, 0.2) is 38.0 Å². The van der Waals surface area contributed by atoms with Gasteiger partial charge in [0.1, 0.15) is 24.2 Å². The number of nitrogen functional groups attached to an aromatic ring is 1. The molecule has 0 saturated carbocycles. The Labute approximate surface area is 243 Å². The summed E-state index contributed by atoms with van der Waals surface area (Å²) < 4.78 is 1.43. The topological polar surface area (TPSA) is 205 Å². The summed E-state index contributed by atoms with van der Waals surface area (Å²) in [6.07, 6.45) is 1.20. The fourth-order valence-electron chi connectivity index (χ4n) is 3.49. The molecule has 4 heterocycles. The van der Waals surface area contributed by atoms with Crippen LogP contribution in [0.25, 0.3) is 0 Å². The van der Waals surface area contributed by atoms with E-state index in [-0.39, 0.29) is 68.5 Å². The van der Waals surface area contributed by atoms with Gasteiger partial charge in [0.2, 0.25) is 0 Å². The number of nitrogens with one attached hydrogen (secondary N) is 1. The number of carboxylic acids is 1. The number of fused-ring (bicyclic) bond motifs is 1. The van der Waals surface area contributed by atoms with Crippen molar-refractivity contribution in [3.63, 3.8) is 0 Å². The molecule has 0 bridgehead atoms. The summed E-state index contributed by atoms with van der Waals surface area (Å²) >= 11 is 3.43. The molecule has 0 radical (unpaired) electrons. The number of rotatable bonds is 8. The van der Waals surface area contributed by atoms with Crippen molar-refractivity contribution in [3.8, 4) is 5.75 Å². The summed E-state index contributed by atoms with van der Waals surface area (Å²) in [5.74, 6) is -3.09. The molecular formula is C19H18N7NaO7S3. The van der Waals surface area contributed by atoms with Crippen LogP contribution in [0, 0.1) is 0 Å². The van der Waals surface area contributed by atoms with Gasteiger partial charge < -0.3 is 35.5 Å². The molecule has 2 aromatic heterocycles. The molecule has 1 fully saturated rings. The third-order valence-corrected chi connectivity index (χ3v) is 8.24. The smallest absolute Gasteiger partial charge is 0.543 e. The van der Waals surface area contributed by atoms with Gasteiger partial charge >= 0.3 is 35.1 Å². The van der Waals surface area contributed by atoms with Crippen molar-refractivity contribution in [1.82, 2.24) is 24.8 Å². The molecule has 4 N–H and O–H groups in total. The average molecular weight is 576 g/mol. The van der Waals surface area contributed by atoms with Crippen molar-refractivity contribution in [2.45, 2.75) is 16.6 Å². The molecule has 14 nitrogen and oxygen atoms in total. The van der Waals surface area contributed by atoms with Crippen molar-refractivity contribution in [1.29, 1.82) is 0 Å². The number of oxime groups is 1. The van der Waals surface area contributed by atoms with Gasteiger partial charge in [-0.1, -0.05) is 16.9 Å². The van der Waals surface area contributed by atoms with Crippen LogP contribution in [0.1, 0.15) is 5.69 Å². The van der Waals surface area contributed by atoms with Gasteiger partial charge in [-0.3, -0.25) is 19.3 Å². The molecule has 2 amide bonds. The number of nitrogens with zero attached hydrogens (tertiary/aromatic N) is 5. The first kappa shape index (κ1) is 29.0. The first-order chi connectivity index (χ1) is 17.1. The van der Waals surface area contributed by atoms with Gasteiger partial charge in [0.05, 0.1) is 17.9 Å². The summed E-state index contributed by atoms with van der Waals surface area (Å²) in [5.41, 5.74) is 4.90. The molecule has 18 heteroatoms. The van der Waals surface area contributed by atoms with Gasteiger partial charge in [-0.15, -0.1) is 23.1 Å². The van der Waals surface area contributed by atoms with Gasteiger partial charge in [-0.05, 0) is 5.57 Å². The number of hydrogen-bond donors (Lipinski definition) is 3. The maximum atomic E-state index is 12.9. The number of aryl methyl sites for hydroxylation is 1. The fraction of sp³-hybridized carbons (Fsp3) is 0.316. The normalized spacial score (nSPS) is 19.0. The summed E-state index contributed by atoms with van der Waals surface area (Å²) in [6, 6.07) is -1.01. The van der Waals surface area contributed by atoms with E-state index >= 15 is 0 Å². The summed E-state index contributed by atoms with van der Waals surface area (Å²) in [7, 11) is 2.82. The van der Waals surface area contributed by atoms with E-state index in [0.717, 1.165) is 28.0 Å². The molecule has 2 aliphatic rings. The summed E-state index contributed by atoms with van der Waals surface area (Å²) in [5, 5.41) is 29.0. The molecule has 2 atom stereocenters. The van der Waals surface area contributed by atoms with Gasteiger partial charge in [-0.2, -0.15) is 4.98 Å². The van der Waals surface area contributed by atoms with E-state index in [0.29, 0.717) is 5.57 Å². The van der Waals surface area contributed by atoms with E-state index in [4.69, 9.17) is 10.6 Å². The quantitative estimate of drug-likeness (QED) is 0.0676. The van der Waals surface area contributed by atoms with Crippen molar-refractivity contribution >= 4 is 63.5 Å². The number of anilines is 1. The number of β-lactam (4-membered cyclic amide) rings is 1. The van der Waals surface area contributed by atoms with Crippen LogP contribution in [-0.4, -0.2) is 78.1 Å². The largest absolute Gasteiger partial charge is 1.00 e. The minimum absolute atomic E-state index is 0. The first-order valence-corrected chi connectivity index (χ1v) is 12.9. The Balaban J connectivity index is 0.00000380. The molecule has 2 aliphatic heterocycles. The molecule has 0 spiro atoms. The van der Waals surface area contributed by atoms with Crippen LogP contribution in [0.3, 0.4) is 0 Å². The Morgan fingerprint density at radius 1 is 1.41 bits per heavy atom. The van der Waals surface area contributed by atoms with Crippen LogP contribution in [-0.2, 0) is 26.3 Å². The SMILES string of the molecule is CO/N=C(\C(=O)N[C@@H]1C(=O)N2C(C(=O)[O-])=C(CSc3nc(=O)c(O)cn3C)CS[C@H]12)c1csc(N)n1.[Na+]. The maximum absolute atomic E-state index is 12.9. The Morgan fingerprint density at radius 3 is 2.76 bits per heavy atom. The molecule has 1 saturated heterocycles. The van der Waals surface area contributed by atoms with E-state index in [9.17, 15) is 29.4 Å². The van der Waals surface area contributed by atoms with Crippen LogP contribution in [0.2, 0.25) is 0 Å². The monoisotopic (exact) mass is 575 g/mol. The zero-order valence-corrected chi connectivity index (χ0v) is 24.1. The molecular weight excluding hydrogens is 557 g/mol. The molecule has 190 valence electrons. The summed E-state index contributed by atoms with van der Waals surface area (Å²) in [4.78, 5) is 62.9. The van der Waals surface area contributed by atoms with Crippen LogP contribution >= 0.6 is 34.9 Å². The Morgan fingerprint density at radius 2 is 2.14 bits per heavy atom. The minimum atomic E-state index is -1.54. The third kappa shape index (κ3) is 5.80. The second-order valence-corrected chi connectivity index (χ2v) is 10.3. The van der Waals surface area contributed by atoms with E-state index in [1.165, 1.54) is 35.0 Å². The Hall–Kier alpha value is -2.57. The standard InChI is InChI=1S/C19H19N7O7S3.Na/c1-25-3-9(27)13(28)23-19(25)36-5-7-4-34-16-11(15(30)26(16)12(7)17(31)32)22-14(29)10(24-33-2)8-6-35-18(20)21-8;/h3,6,11,16,27H,4-5H2,1-2H3,(H2,20,21)(H,22,29)(H,31,32);/q;+1/p-1/b24-10-;/t11-,16-;/m1./s1. The number of carboxylic acid groups (broad SMARTS) is 1. The number of thioether (sulfide) groups is 2. The van der Waals surface area contributed by atoms with Crippen molar-refractivity contribution in [2.75, 3.05) is 24.3 Å². The molecule has 4 rings (SSSR count). The molecule has 0 aromatic carbocycles. The van der Waals surface area contributed by atoms with Crippen LogP contribution in [0.4, 0.5) is 5.13 Å². The van der Waals surface area contributed by atoms with Crippen LogP contribution in [0.5, 0.6) is 5.75 Å². The average Bonchev–Trinajstić information content (AvgIpc) is 3.27. The number of aromatic nitrogens is 3. The number of nitrogens with two attached hydrogens (primary N) is 1. The van der Waals surface area contributed by atoms with Crippen molar-refractivity contribution in [2.24, 2.45) is 12.2 Å². The first-order valence-electron chi connectivity index (χ1n) is 10.0. The number of aromatic hydroxyl groups is 1. The van der Waals surface area contributed by atoms with E-state index in [1.54, 1.807) is 7.05 Å². The van der Waals surface area contributed by atoms with E-state index in [2.05, 4.69) is 20.4 Å². The predicted molar refractivity (Wildman–Crippen MR) is 129 cm³/mol. The van der Waals surface area contributed by atoms with E-state index in [1.807, 2.05) is 0 Å². The number of thiazole rings is 1. The maximum Gasteiger partial charge on any atom is 1.00 e. The Bertz CT molecular complexity index is 1380. The van der Waals surface area contributed by atoms with E-state index < -0.39 is 40.5 Å². The van der Waals surface area contributed by atoms with Crippen molar-refractivity contribution in [3.05, 3.63) is 38.9 Å². The van der Waals surface area contributed by atoms with Crippen molar-refractivity contribution < 1.29 is 59.0 Å². The van der Waals surface area contributed by atoms with Gasteiger partial charge in [0.15, 0.2) is 21.7 Å². The number of aliphatic carboxylic acids is 1. The number of hydrogen-bond acceptors (Lipinski definition) is 14. The predicted octanol–water partition coefficient (Wildman–Crippen LogP) is -4.92. The number of carbonyl (C=O) groups is 3. The molecule has 0 aliphatic carbocycles. The van der Waals surface area contributed by atoms with Gasteiger partial charge in [0, 0.05) is 23.9 Å². The molecule has 37 heavy (non-hydrogen) atoms. The zero-order valence-electron chi connectivity index (χ0n) is 19.7. The number of carbonyl (C=O) groups excluding carboxylic acids is 3. The second-order valence-electron chi connectivity index (χ2n) is 7.41. The molecule has 2 aromatic rings. The fourth-order valence-corrected chi connectivity index (χ4v) is 6.46. The number of amides is 2. The zero-order chi connectivity index (χ0) is 26.1. The third-order valence-electron chi connectivity index (χ3n) is 5.10. The minimum Gasteiger partial charge on any atom is -0.543 e. The second kappa shape index (κ2) is 11.9. The van der Waals surface area contributed by atoms with Crippen LogP contribution < -0.4 is 51.3 Å². The summed E-state index contributed by atoms with van der Waals surface area (Å²) in [6.45, 7) is 0. The Kier molecular flexibility index (Phi) is 9.30. The molecule has 0 unspecified atom stereocenters. The van der Waals surface area contributed by atoms with Gasteiger partial charge in [0.25, 0.3) is 11.8 Å². The van der Waals surface area contributed by atoms with Gasteiger partial charge in [-0.25, -0.2) is 4.98 Å².